The van der Waals surface area contributed by atoms with E-state index in [0.29, 0.717) is 38.1 Å². The summed E-state index contributed by atoms with van der Waals surface area (Å²) in [5, 5.41) is 10.5. The van der Waals surface area contributed by atoms with Crippen LogP contribution >= 0.6 is 11.6 Å². The highest BCUT2D eigenvalue weighted by Crippen LogP contribution is 2.12. The van der Waals surface area contributed by atoms with Crippen LogP contribution in [0.2, 0.25) is 0 Å². The number of carbonyl (C=O) groups is 2. The Kier molecular flexibility index (Phi) is 5.55. The Morgan fingerprint density at radius 1 is 1.62 bits per heavy atom. The average molecular weight is 250 g/mol. The van der Waals surface area contributed by atoms with Crippen LogP contribution in [0, 0.1) is 0 Å². The number of hydrogen-bond acceptors (Lipinski definition) is 4. The van der Waals surface area contributed by atoms with Crippen molar-refractivity contribution >= 4 is 23.5 Å². The van der Waals surface area contributed by atoms with Crippen molar-refractivity contribution in [2.75, 3.05) is 12.4 Å². The van der Waals surface area contributed by atoms with Gasteiger partial charge in [-0.05, 0) is 19.3 Å². The molecule has 1 aliphatic rings. The van der Waals surface area contributed by atoms with Crippen molar-refractivity contribution in [3.8, 4) is 0 Å². The Morgan fingerprint density at radius 3 is 2.94 bits per heavy atom. The summed E-state index contributed by atoms with van der Waals surface area (Å²) in [6.07, 6.45) is 1.40. The molecule has 6 heteroatoms. The first kappa shape index (κ1) is 13.3. The van der Waals surface area contributed by atoms with Crippen LogP contribution in [0.25, 0.3) is 0 Å². The van der Waals surface area contributed by atoms with E-state index in [1.807, 2.05) is 0 Å². The number of amides is 1. The van der Waals surface area contributed by atoms with Gasteiger partial charge in [0.15, 0.2) is 0 Å². The van der Waals surface area contributed by atoms with E-state index in [1.165, 1.54) is 0 Å². The lowest BCUT2D eigenvalue weighted by atomic mass is 10.1. The molecule has 0 radical (unpaired) electrons. The molecule has 0 aromatic carbocycles. The highest BCUT2D eigenvalue weighted by atomic mass is 35.5. The lowest BCUT2D eigenvalue weighted by Crippen LogP contribution is -2.29. The predicted molar refractivity (Wildman–Crippen MR) is 57.6 cm³/mol. The molecule has 1 rings (SSSR count). The highest BCUT2D eigenvalue weighted by Gasteiger charge is 2.24. The molecule has 1 atom stereocenters. The van der Waals surface area contributed by atoms with Crippen molar-refractivity contribution in [2.45, 2.75) is 38.2 Å². The molecule has 0 aliphatic carbocycles. The molecule has 1 fully saturated rings. The molecule has 1 N–H and O–H groups in total. The number of nitrogens with zero attached hydrogens (tertiary/aromatic N) is 1. The summed E-state index contributed by atoms with van der Waals surface area (Å²) in [5.41, 5.74) is 0. The molecule has 0 aromatic heterocycles. The third-order valence-electron chi connectivity index (χ3n) is 2.32. The van der Waals surface area contributed by atoms with E-state index in [2.05, 4.69) is 0 Å². The summed E-state index contributed by atoms with van der Waals surface area (Å²) in [5.74, 6) is -0.294. The van der Waals surface area contributed by atoms with Gasteiger partial charge in [-0.2, -0.15) is 5.06 Å². The molecule has 1 aliphatic heterocycles. The van der Waals surface area contributed by atoms with Gasteiger partial charge in [0, 0.05) is 12.3 Å². The number of aliphatic hydroxyl groups excluding tert-OH is 1. The Morgan fingerprint density at radius 2 is 2.38 bits per heavy atom. The fraction of sp³-hybridized carbons (Fsp3) is 0.800. The Bertz CT molecular complexity index is 259. The number of hydroxylamine groups is 2. The fourth-order valence-electron chi connectivity index (χ4n) is 1.49. The second kappa shape index (κ2) is 6.70. The molecule has 0 saturated carbocycles. The van der Waals surface area contributed by atoms with E-state index in [-0.39, 0.29) is 12.3 Å². The quantitative estimate of drug-likeness (QED) is 0.709. The maximum atomic E-state index is 11.3. The standard InChI is InChI=1S/C10H16ClNO4/c11-5-1-3-8(13)7-10(15)16-12-6-2-4-9(12)14/h8,13H,1-7H2/t8-/m0/s1. The lowest BCUT2D eigenvalue weighted by Gasteiger charge is -2.15. The lowest BCUT2D eigenvalue weighted by molar-refractivity contribution is -0.194. The molecule has 0 unspecified atom stereocenters. The van der Waals surface area contributed by atoms with Gasteiger partial charge in [-0.1, -0.05) is 0 Å². The highest BCUT2D eigenvalue weighted by molar-refractivity contribution is 6.17. The summed E-state index contributed by atoms with van der Waals surface area (Å²) in [6.45, 7) is 0.447. The van der Waals surface area contributed by atoms with Crippen molar-refractivity contribution in [3.05, 3.63) is 0 Å². The summed E-state index contributed by atoms with van der Waals surface area (Å²) >= 11 is 5.46. The third-order valence-corrected chi connectivity index (χ3v) is 2.58. The second-order valence-corrected chi connectivity index (χ2v) is 4.13. The van der Waals surface area contributed by atoms with E-state index in [9.17, 15) is 14.7 Å². The molecule has 0 bridgehead atoms. The molecule has 1 amide bonds. The van der Waals surface area contributed by atoms with E-state index in [0.717, 1.165) is 5.06 Å². The average Bonchev–Trinajstić information content (AvgIpc) is 2.61. The van der Waals surface area contributed by atoms with Crippen LogP contribution < -0.4 is 0 Å². The zero-order chi connectivity index (χ0) is 12.0. The van der Waals surface area contributed by atoms with Crippen molar-refractivity contribution < 1.29 is 19.5 Å². The summed E-state index contributed by atoms with van der Waals surface area (Å²) < 4.78 is 0. The zero-order valence-corrected chi connectivity index (χ0v) is 9.78. The molecular formula is C10H16ClNO4. The minimum atomic E-state index is -0.746. The zero-order valence-electron chi connectivity index (χ0n) is 9.02. The maximum Gasteiger partial charge on any atom is 0.335 e. The molecule has 0 spiro atoms. The van der Waals surface area contributed by atoms with Crippen LogP contribution in [0.1, 0.15) is 32.1 Å². The normalized spacial score (nSPS) is 17.6. The van der Waals surface area contributed by atoms with E-state index in [4.69, 9.17) is 16.4 Å². The molecule has 1 saturated heterocycles. The summed E-state index contributed by atoms with van der Waals surface area (Å²) in [4.78, 5) is 27.3. The van der Waals surface area contributed by atoms with Gasteiger partial charge < -0.3 is 9.94 Å². The summed E-state index contributed by atoms with van der Waals surface area (Å²) in [7, 11) is 0. The molecule has 5 nitrogen and oxygen atoms in total. The number of carbonyl (C=O) groups excluding carboxylic acids is 2. The number of rotatable bonds is 6. The van der Waals surface area contributed by atoms with Gasteiger partial charge in [0.25, 0.3) is 5.91 Å². The van der Waals surface area contributed by atoms with Crippen LogP contribution in [0.4, 0.5) is 0 Å². The minimum absolute atomic E-state index is 0.0966. The topological polar surface area (TPSA) is 66.8 Å². The van der Waals surface area contributed by atoms with Crippen molar-refractivity contribution in [1.82, 2.24) is 5.06 Å². The first-order valence-corrected chi connectivity index (χ1v) is 5.92. The van der Waals surface area contributed by atoms with Crippen LogP contribution in [0.5, 0.6) is 0 Å². The van der Waals surface area contributed by atoms with Crippen molar-refractivity contribution in [3.63, 3.8) is 0 Å². The molecule has 1 heterocycles. The van der Waals surface area contributed by atoms with E-state index in [1.54, 1.807) is 0 Å². The fourth-order valence-corrected chi connectivity index (χ4v) is 1.64. The molecular weight excluding hydrogens is 234 g/mol. The number of alkyl halides is 1. The Balaban J connectivity index is 2.22. The number of halogens is 1. The van der Waals surface area contributed by atoms with Gasteiger partial charge in [0.1, 0.15) is 0 Å². The van der Waals surface area contributed by atoms with Gasteiger partial charge in [-0.3, -0.25) is 4.79 Å². The van der Waals surface area contributed by atoms with Gasteiger partial charge >= 0.3 is 5.97 Å². The largest absolute Gasteiger partial charge is 0.393 e. The van der Waals surface area contributed by atoms with Crippen LogP contribution in [-0.2, 0) is 14.4 Å². The van der Waals surface area contributed by atoms with Crippen LogP contribution in [-0.4, -0.2) is 40.6 Å². The number of aliphatic hydroxyl groups is 1. The van der Waals surface area contributed by atoms with Gasteiger partial charge in [0.2, 0.25) is 0 Å². The first-order chi connectivity index (χ1) is 7.63. The monoisotopic (exact) mass is 249 g/mol. The number of hydrogen-bond donors (Lipinski definition) is 1. The smallest absolute Gasteiger partial charge is 0.335 e. The van der Waals surface area contributed by atoms with Crippen LogP contribution in [0.15, 0.2) is 0 Å². The Labute approximate surface area is 99.3 Å². The molecule has 92 valence electrons. The molecule has 0 aromatic rings. The van der Waals surface area contributed by atoms with Gasteiger partial charge in [-0.15, -0.1) is 11.6 Å². The summed E-state index contributed by atoms with van der Waals surface area (Å²) in [6, 6.07) is 0. The van der Waals surface area contributed by atoms with Gasteiger partial charge in [-0.25, -0.2) is 4.79 Å². The van der Waals surface area contributed by atoms with Gasteiger partial charge in [0.05, 0.1) is 19.1 Å². The van der Waals surface area contributed by atoms with Crippen molar-refractivity contribution in [1.29, 1.82) is 0 Å². The predicted octanol–water partition coefficient (Wildman–Crippen LogP) is 0.837. The van der Waals surface area contributed by atoms with E-state index < -0.39 is 12.1 Å². The second-order valence-electron chi connectivity index (χ2n) is 3.75. The minimum Gasteiger partial charge on any atom is -0.393 e. The van der Waals surface area contributed by atoms with Crippen LogP contribution in [0.3, 0.4) is 0 Å². The third kappa shape index (κ3) is 4.37. The van der Waals surface area contributed by atoms with E-state index >= 15 is 0 Å². The van der Waals surface area contributed by atoms with Crippen molar-refractivity contribution in [2.24, 2.45) is 0 Å². The SMILES string of the molecule is O=C(C[C@@H](O)CCCCl)ON1CCCC1=O. The maximum absolute atomic E-state index is 11.3. The molecule has 16 heavy (non-hydrogen) atoms. The first-order valence-electron chi connectivity index (χ1n) is 5.38. The Hall–Kier alpha value is -0.810.